The van der Waals surface area contributed by atoms with E-state index in [-0.39, 0.29) is 24.0 Å². The second-order valence-corrected chi connectivity index (χ2v) is 7.73. The smallest absolute Gasteiger partial charge is 0.214 e. The molecule has 0 unspecified atom stereocenters. The zero-order valence-corrected chi connectivity index (χ0v) is 18.5. The van der Waals surface area contributed by atoms with Crippen LogP contribution in [0.1, 0.15) is 29.8 Å². The van der Waals surface area contributed by atoms with Crippen molar-refractivity contribution in [3.8, 4) is 0 Å². The van der Waals surface area contributed by atoms with Gasteiger partial charge in [0.15, 0.2) is 15.8 Å². The molecule has 9 heteroatoms. The predicted octanol–water partition coefficient (Wildman–Crippen LogP) is 2.57. The monoisotopic (exact) mass is 492 g/mol. The molecule has 0 atom stereocenters. The van der Waals surface area contributed by atoms with Crippen LogP contribution >= 0.6 is 24.0 Å². The zero-order chi connectivity index (χ0) is 18.4. The van der Waals surface area contributed by atoms with Gasteiger partial charge < -0.3 is 15.1 Å². The van der Waals surface area contributed by atoms with E-state index in [2.05, 4.69) is 20.6 Å². The molecule has 0 saturated carbocycles. The van der Waals surface area contributed by atoms with Crippen LogP contribution in [-0.2, 0) is 22.9 Å². The normalized spacial score (nSPS) is 11.8. The fourth-order valence-electron chi connectivity index (χ4n) is 2.13. The fraction of sp³-hybridized carbons (Fsp3) is 0.412. The fourth-order valence-corrected chi connectivity index (χ4v) is 2.76. The van der Waals surface area contributed by atoms with Crippen molar-refractivity contribution < 1.29 is 12.8 Å². The Morgan fingerprint density at radius 1 is 1.19 bits per heavy atom. The Kier molecular flexibility index (Phi) is 8.54. The van der Waals surface area contributed by atoms with Gasteiger partial charge in [0.1, 0.15) is 5.76 Å². The van der Waals surface area contributed by atoms with Gasteiger partial charge in [-0.25, -0.2) is 18.4 Å². The van der Waals surface area contributed by atoms with Crippen molar-refractivity contribution >= 4 is 39.8 Å². The molecule has 1 aromatic heterocycles. The third-order valence-corrected chi connectivity index (χ3v) is 4.72. The molecule has 0 aliphatic heterocycles. The molecule has 2 N–H and O–H groups in total. The Balaban J connectivity index is 0.00000338. The molecule has 0 bridgehead atoms. The molecule has 0 saturated heterocycles. The van der Waals surface area contributed by atoms with Crippen LogP contribution in [0.3, 0.4) is 0 Å². The minimum absolute atomic E-state index is 0. The molecule has 2 rings (SSSR count). The highest BCUT2D eigenvalue weighted by Crippen LogP contribution is 2.11. The number of hydrogen-bond donors (Lipinski definition) is 2. The van der Waals surface area contributed by atoms with E-state index in [1.807, 2.05) is 20.8 Å². The van der Waals surface area contributed by atoms with Crippen LogP contribution < -0.4 is 10.6 Å². The molecule has 0 radical (unpaired) electrons. The second kappa shape index (κ2) is 9.91. The number of aromatic nitrogens is 1. The number of aryl methyl sites for hydroxylation is 2. The quantitative estimate of drug-likeness (QED) is 0.366. The average molecular weight is 492 g/mol. The topological polar surface area (TPSA) is 96.6 Å². The zero-order valence-electron chi connectivity index (χ0n) is 15.4. The molecular formula is C17H25IN4O3S. The van der Waals surface area contributed by atoms with Crippen molar-refractivity contribution in [2.45, 2.75) is 38.8 Å². The van der Waals surface area contributed by atoms with Gasteiger partial charge in [0.25, 0.3) is 0 Å². The van der Waals surface area contributed by atoms with Gasteiger partial charge >= 0.3 is 0 Å². The van der Waals surface area contributed by atoms with Crippen molar-refractivity contribution in [2.75, 3.05) is 12.8 Å². The van der Waals surface area contributed by atoms with E-state index < -0.39 is 9.84 Å². The van der Waals surface area contributed by atoms with E-state index in [0.29, 0.717) is 29.8 Å². The second-order valence-electron chi connectivity index (χ2n) is 5.71. The number of sulfone groups is 1. The van der Waals surface area contributed by atoms with Gasteiger partial charge in [0.2, 0.25) is 5.89 Å². The van der Waals surface area contributed by atoms with Crippen LogP contribution in [-0.4, -0.2) is 32.2 Å². The third kappa shape index (κ3) is 6.60. The Bertz CT molecular complexity index is 826. The van der Waals surface area contributed by atoms with Crippen LogP contribution in [0.25, 0.3) is 0 Å². The summed E-state index contributed by atoms with van der Waals surface area (Å²) in [5.74, 6) is 2.06. The van der Waals surface area contributed by atoms with E-state index in [0.717, 1.165) is 23.6 Å². The molecule has 0 amide bonds. The van der Waals surface area contributed by atoms with Crippen molar-refractivity contribution in [3.63, 3.8) is 0 Å². The van der Waals surface area contributed by atoms with Gasteiger partial charge in [0, 0.05) is 12.8 Å². The summed E-state index contributed by atoms with van der Waals surface area (Å²) in [5, 5.41) is 6.32. The first-order chi connectivity index (χ1) is 11.8. The lowest BCUT2D eigenvalue weighted by Crippen LogP contribution is -2.36. The van der Waals surface area contributed by atoms with Gasteiger partial charge in [-0.2, -0.15) is 0 Å². The summed E-state index contributed by atoms with van der Waals surface area (Å²) >= 11 is 0. The lowest BCUT2D eigenvalue weighted by molar-refractivity contribution is 0.463. The number of benzene rings is 1. The Morgan fingerprint density at radius 3 is 2.35 bits per heavy atom. The standard InChI is InChI=1S/C17H24N4O3S.HI/c1-5-18-17(20-11-16-21-12(2)13(3)24-16)19-10-14-6-8-15(9-7-14)25(4,22)23;/h6-9H,5,10-11H2,1-4H3,(H2,18,19,20);1H. The van der Waals surface area contributed by atoms with Crippen LogP contribution in [0.4, 0.5) is 0 Å². The van der Waals surface area contributed by atoms with E-state index in [9.17, 15) is 8.42 Å². The Morgan fingerprint density at radius 2 is 1.85 bits per heavy atom. The number of aliphatic imine (C=N–C) groups is 1. The van der Waals surface area contributed by atoms with E-state index >= 15 is 0 Å². The van der Waals surface area contributed by atoms with Gasteiger partial charge in [-0.1, -0.05) is 12.1 Å². The van der Waals surface area contributed by atoms with E-state index in [1.165, 1.54) is 6.26 Å². The molecule has 26 heavy (non-hydrogen) atoms. The highest BCUT2D eigenvalue weighted by atomic mass is 127. The number of nitrogens with one attached hydrogen (secondary N) is 2. The highest BCUT2D eigenvalue weighted by Gasteiger charge is 2.07. The molecule has 1 aromatic carbocycles. The molecule has 2 aromatic rings. The summed E-state index contributed by atoms with van der Waals surface area (Å²) in [7, 11) is -3.18. The molecule has 0 aliphatic rings. The van der Waals surface area contributed by atoms with Gasteiger partial charge in [-0.15, -0.1) is 24.0 Å². The van der Waals surface area contributed by atoms with Crippen LogP contribution in [0, 0.1) is 13.8 Å². The summed E-state index contributed by atoms with van der Waals surface area (Å²) in [5.41, 5.74) is 1.80. The van der Waals surface area contributed by atoms with Gasteiger partial charge in [-0.3, -0.25) is 0 Å². The first-order valence-electron chi connectivity index (χ1n) is 8.03. The van der Waals surface area contributed by atoms with Gasteiger partial charge in [0.05, 0.1) is 23.7 Å². The number of halogens is 1. The Labute approximate surface area is 171 Å². The highest BCUT2D eigenvalue weighted by molar-refractivity contribution is 14.0. The average Bonchev–Trinajstić information content (AvgIpc) is 2.88. The van der Waals surface area contributed by atoms with E-state index in [1.54, 1.807) is 24.3 Å². The SMILES string of the molecule is CCNC(=NCc1ccc(S(C)(=O)=O)cc1)NCc1nc(C)c(C)o1.I. The summed E-state index contributed by atoms with van der Waals surface area (Å²) in [6, 6.07) is 6.73. The summed E-state index contributed by atoms with van der Waals surface area (Å²) in [6.07, 6.45) is 1.19. The number of nitrogens with zero attached hydrogens (tertiary/aromatic N) is 2. The molecule has 1 heterocycles. The minimum Gasteiger partial charge on any atom is -0.444 e. The first-order valence-corrected chi connectivity index (χ1v) is 9.93. The summed E-state index contributed by atoms with van der Waals surface area (Å²) < 4.78 is 28.5. The maximum atomic E-state index is 11.5. The predicted molar refractivity (Wildman–Crippen MR) is 113 cm³/mol. The summed E-state index contributed by atoms with van der Waals surface area (Å²) in [4.78, 5) is 9.13. The first kappa shape index (κ1) is 22.4. The Hall–Kier alpha value is -1.62. The van der Waals surface area contributed by atoms with Crippen molar-refractivity contribution in [1.29, 1.82) is 0 Å². The van der Waals surface area contributed by atoms with Crippen molar-refractivity contribution in [1.82, 2.24) is 15.6 Å². The van der Waals surface area contributed by atoms with E-state index in [4.69, 9.17) is 4.42 Å². The molecule has 7 nitrogen and oxygen atoms in total. The maximum Gasteiger partial charge on any atom is 0.214 e. The van der Waals surface area contributed by atoms with Gasteiger partial charge in [-0.05, 0) is 38.5 Å². The number of rotatable bonds is 6. The largest absolute Gasteiger partial charge is 0.444 e. The molecular weight excluding hydrogens is 467 g/mol. The lowest BCUT2D eigenvalue weighted by Gasteiger charge is -2.10. The van der Waals surface area contributed by atoms with Crippen LogP contribution in [0.2, 0.25) is 0 Å². The summed E-state index contributed by atoms with van der Waals surface area (Å²) in [6.45, 7) is 7.36. The van der Waals surface area contributed by atoms with Crippen molar-refractivity contribution in [2.24, 2.45) is 4.99 Å². The number of oxazole rings is 1. The minimum atomic E-state index is -3.18. The number of guanidine groups is 1. The number of hydrogen-bond acceptors (Lipinski definition) is 5. The molecule has 0 fully saturated rings. The van der Waals surface area contributed by atoms with Crippen LogP contribution in [0.5, 0.6) is 0 Å². The molecule has 0 aliphatic carbocycles. The molecule has 144 valence electrons. The lowest BCUT2D eigenvalue weighted by atomic mass is 10.2. The van der Waals surface area contributed by atoms with Crippen LogP contribution in [0.15, 0.2) is 38.6 Å². The molecule has 0 spiro atoms. The maximum absolute atomic E-state index is 11.5. The third-order valence-electron chi connectivity index (χ3n) is 3.60. The van der Waals surface area contributed by atoms with Crippen molar-refractivity contribution in [3.05, 3.63) is 47.2 Å².